The zero-order chi connectivity index (χ0) is 26.3. The summed E-state index contributed by atoms with van der Waals surface area (Å²) in [6.45, 7) is 2.10. The van der Waals surface area contributed by atoms with Crippen molar-refractivity contribution in [2.75, 3.05) is 13.7 Å². The topological polar surface area (TPSA) is 110 Å². The molecule has 1 saturated heterocycles. The van der Waals surface area contributed by atoms with Crippen molar-refractivity contribution in [1.82, 2.24) is 19.9 Å². The lowest BCUT2D eigenvalue weighted by molar-refractivity contribution is 0.101. The first kappa shape index (κ1) is 24.2. The molecule has 186 valence electrons. The summed E-state index contributed by atoms with van der Waals surface area (Å²) in [6.07, 6.45) is 2.99. The molecule has 5 rings (SSSR count). The molecule has 1 unspecified atom stereocenters. The minimum Gasteiger partial charge on any atom is -0.491 e. The molecule has 10 heteroatoms. The first-order valence-corrected chi connectivity index (χ1v) is 11.6. The number of pyridine rings is 1. The van der Waals surface area contributed by atoms with Crippen LogP contribution in [-0.4, -0.2) is 34.0 Å². The maximum atomic E-state index is 14.7. The van der Waals surface area contributed by atoms with Crippen molar-refractivity contribution in [3.05, 3.63) is 81.7 Å². The number of aromatic nitrogens is 3. The van der Waals surface area contributed by atoms with Crippen LogP contribution in [0.15, 0.2) is 47.4 Å². The monoisotopic (exact) mass is 501 g/mol. The Labute approximate surface area is 210 Å². The Hall–Kier alpha value is -4.49. The third-order valence-corrected chi connectivity index (χ3v) is 6.38. The molecule has 1 aliphatic heterocycles. The van der Waals surface area contributed by atoms with E-state index < -0.39 is 22.9 Å². The van der Waals surface area contributed by atoms with Gasteiger partial charge in [-0.2, -0.15) is 5.26 Å². The van der Waals surface area contributed by atoms with E-state index in [1.807, 2.05) is 6.07 Å². The molecule has 0 aliphatic carbocycles. The first-order valence-electron chi connectivity index (χ1n) is 11.6. The lowest BCUT2D eigenvalue weighted by atomic mass is 10.00. The van der Waals surface area contributed by atoms with E-state index in [4.69, 9.17) is 9.72 Å². The number of ketones is 1. The summed E-state index contributed by atoms with van der Waals surface area (Å²) in [5, 5.41) is 13.0. The van der Waals surface area contributed by atoms with Crippen LogP contribution in [0.5, 0.6) is 5.75 Å². The Kier molecular flexibility index (Phi) is 6.23. The lowest BCUT2D eigenvalue weighted by Crippen LogP contribution is -2.29. The molecule has 0 spiro atoms. The average Bonchev–Trinajstić information content (AvgIpc) is 3.43. The predicted molar refractivity (Wildman–Crippen MR) is 132 cm³/mol. The van der Waals surface area contributed by atoms with E-state index in [1.54, 1.807) is 18.2 Å². The van der Waals surface area contributed by atoms with Crippen molar-refractivity contribution in [2.24, 2.45) is 0 Å². The number of Topliss-reactive ketones (excluding diaryl/α,β-unsaturated/α-hetero) is 1. The van der Waals surface area contributed by atoms with Gasteiger partial charge in [0.2, 0.25) is 0 Å². The zero-order valence-corrected chi connectivity index (χ0v) is 20.0. The maximum Gasteiger partial charge on any atom is 0.266 e. The molecule has 3 heterocycles. The maximum absolute atomic E-state index is 14.7. The fourth-order valence-corrected chi connectivity index (χ4v) is 4.61. The number of ether oxygens (including phenoxy) is 1. The number of hydrogen-bond acceptors (Lipinski definition) is 7. The number of hydrogen-bond donors (Lipinski definition) is 1. The van der Waals surface area contributed by atoms with Crippen molar-refractivity contribution in [3.8, 4) is 28.6 Å². The summed E-state index contributed by atoms with van der Waals surface area (Å²) < 4.78 is 35.3. The molecule has 2 aromatic heterocycles. The van der Waals surface area contributed by atoms with Crippen LogP contribution in [-0.2, 0) is 0 Å². The van der Waals surface area contributed by atoms with Crippen LogP contribution < -0.4 is 15.6 Å². The van der Waals surface area contributed by atoms with Gasteiger partial charge >= 0.3 is 0 Å². The van der Waals surface area contributed by atoms with Crippen LogP contribution in [0.2, 0.25) is 0 Å². The number of methoxy groups -OCH3 is 1. The Balaban J connectivity index is 1.84. The Morgan fingerprint density at radius 3 is 2.54 bits per heavy atom. The third kappa shape index (κ3) is 4.23. The number of carbonyl (C=O) groups excluding carboxylic acids is 1. The minimum atomic E-state index is -0.960. The van der Waals surface area contributed by atoms with Crippen molar-refractivity contribution < 1.29 is 18.3 Å². The highest BCUT2D eigenvalue weighted by Gasteiger charge is 2.26. The lowest BCUT2D eigenvalue weighted by Gasteiger charge is -2.20. The van der Waals surface area contributed by atoms with Crippen LogP contribution in [0, 0.1) is 23.0 Å². The van der Waals surface area contributed by atoms with Gasteiger partial charge in [-0.3, -0.25) is 19.1 Å². The number of benzene rings is 2. The third-order valence-electron chi connectivity index (χ3n) is 6.38. The molecule has 1 fully saturated rings. The van der Waals surface area contributed by atoms with Gasteiger partial charge in [-0.25, -0.2) is 13.8 Å². The van der Waals surface area contributed by atoms with Crippen molar-refractivity contribution in [2.45, 2.75) is 25.8 Å². The SMILES string of the molecule is COc1c(F)cc(-n2c(C3CCCN3)nc3c(-c4ccc(C(C)=O)nc4)cc(C#N)cc3c2=O)cc1F. The molecule has 4 aromatic rings. The second-order valence-electron chi connectivity index (χ2n) is 8.72. The molecule has 0 radical (unpaired) electrons. The minimum absolute atomic E-state index is 0.0460. The van der Waals surface area contributed by atoms with Gasteiger partial charge in [-0.05, 0) is 37.6 Å². The molecule has 0 bridgehead atoms. The molecule has 0 amide bonds. The number of nitrogens with one attached hydrogen (secondary N) is 1. The van der Waals surface area contributed by atoms with Gasteiger partial charge in [0.15, 0.2) is 23.2 Å². The quantitative estimate of drug-likeness (QED) is 0.408. The molecule has 2 aromatic carbocycles. The van der Waals surface area contributed by atoms with Crippen LogP contribution in [0.3, 0.4) is 0 Å². The molecule has 37 heavy (non-hydrogen) atoms. The van der Waals surface area contributed by atoms with Gasteiger partial charge < -0.3 is 10.1 Å². The number of fused-ring (bicyclic) bond motifs is 1. The highest BCUT2D eigenvalue weighted by atomic mass is 19.1. The molecule has 1 N–H and O–H groups in total. The number of nitrogens with zero attached hydrogens (tertiary/aromatic N) is 4. The van der Waals surface area contributed by atoms with Gasteiger partial charge in [0.05, 0.1) is 41.4 Å². The second kappa shape index (κ2) is 9.52. The van der Waals surface area contributed by atoms with E-state index in [2.05, 4.69) is 10.3 Å². The molecule has 1 atom stereocenters. The second-order valence-corrected chi connectivity index (χ2v) is 8.72. The van der Waals surface area contributed by atoms with Gasteiger partial charge in [0.25, 0.3) is 5.56 Å². The molecule has 1 aliphatic rings. The number of nitriles is 1. The standard InChI is InChI=1S/C27H21F2N5O3/c1-14(35)22-6-5-16(13-32-22)18-8-15(12-30)9-19-24(18)33-26(23-4-3-7-31-23)34(27(19)36)17-10-20(28)25(37-2)21(29)11-17/h5-6,8-11,13,23,31H,3-4,7H2,1-2H3. The van der Waals surface area contributed by atoms with E-state index in [-0.39, 0.29) is 34.2 Å². The van der Waals surface area contributed by atoms with Crippen LogP contribution in [0.25, 0.3) is 27.7 Å². The summed E-state index contributed by atoms with van der Waals surface area (Å²) in [4.78, 5) is 34.6. The van der Waals surface area contributed by atoms with Crippen molar-refractivity contribution in [1.29, 1.82) is 5.26 Å². The predicted octanol–water partition coefficient (Wildman–Crippen LogP) is 4.23. The summed E-state index contributed by atoms with van der Waals surface area (Å²) in [5.74, 6) is -2.38. The summed E-state index contributed by atoms with van der Waals surface area (Å²) in [6, 6.07) is 10.00. The van der Waals surface area contributed by atoms with Crippen LogP contribution >= 0.6 is 0 Å². The first-order chi connectivity index (χ1) is 17.8. The summed E-state index contributed by atoms with van der Waals surface area (Å²) in [5.41, 5.74) is 1.20. The smallest absolute Gasteiger partial charge is 0.266 e. The Bertz CT molecular complexity index is 1630. The number of halogens is 2. The van der Waals surface area contributed by atoms with Gasteiger partial charge in [-0.1, -0.05) is 6.07 Å². The van der Waals surface area contributed by atoms with E-state index in [0.717, 1.165) is 25.7 Å². The van der Waals surface area contributed by atoms with E-state index in [1.165, 1.54) is 23.8 Å². The van der Waals surface area contributed by atoms with Crippen LogP contribution in [0.4, 0.5) is 8.78 Å². The largest absolute Gasteiger partial charge is 0.491 e. The van der Waals surface area contributed by atoms with Crippen molar-refractivity contribution in [3.63, 3.8) is 0 Å². The molecular formula is C27H21F2N5O3. The number of carbonyl (C=O) groups is 1. The van der Waals surface area contributed by atoms with E-state index in [0.29, 0.717) is 35.4 Å². The summed E-state index contributed by atoms with van der Waals surface area (Å²) >= 11 is 0. The highest BCUT2D eigenvalue weighted by molar-refractivity contribution is 5.96. The average molecular weight is 501 g/mol. The number of rotatable bonds is 5. The fraction of sp³-hybridized carbons (Fsp3) is 0.222. The van der Waals surface area contributed by atoms with Gasteiger partial charge in [0, 0.05) is 36.4 Å². The zero-order valence-electron chi connectivity index (χ0n) is 20.0. The fourth-order valence-electron chi connectivity index (χ4n) is 4.61. The van der Waals surface area contributed by atoms with Gasteiger partial charge in [0.1, 0.15) is 11.5 Å². The van der Waals surface area contributed by atoms with E-state index in [9.17, 15) is 23.6 Å². The highest BCUT2D eigenvalue weighted by Crippen LogP contribution is 2.32. The normalized spacial score (nSPS) is 15.1. The Morgan fingerprint density at radius 2 is 1.97 bits per heavy atom. The van der Waals surface area contributed by atoms with Gasteiger partial charge in [-0.15, -0.1) is 0 Å². The Morgan fingerprint density at radius 1 is 1.22 bits per heavy atom. The van der Waals surface area contributed by atoms with Crippen molar-refractivity contribution >= 4 is 16.7 Å². The molecule has 8 nitrogen and oxygen atoms in total. The molecular weight excluding hydrogens is 480 g/mol. The van der Waals surface area contributed by atoms with E-state index >= 15 is 0 Å². The summed E-state index contributed by atoms with van der Waals surface area (Å²) in [7, 11) is 1.15. The molecule has 0 saturated carbocycles. The van der Waals surface area contributed by atoms with Crippen LogP contribution in [0.1, 0.15) is 47.7 Å².